The molecule has 1 aliphatic heterocycles. The van der Waals surface area contributed by atoms with E-state index in [1.807, 2.05) is 35.8 Å². The summed E-state index contributed by atoms with van der Waals surface area (Å²) in [7, 11) is -1.06. The Hall–Kier alpha value is -1.88. The molecule has 2 heterocycles. The average molecular weight is 372 g/mol. The van der Waals surface area contributed by atoms with E-state index in [0.29, 0.717) is 11.8 Å². The van der Waals surface area contributed by atoms with Crippen molar-refractivity contribution in [2.24, 2.45) is 5.92 Å². The molecule has 2 aliphatic rings. The van der Waals surface area contributed by atoms with Crippen molar-refractivity contribution in [1.82, 2.24) is 4.57 Å². The van der Waals surface area contributed by atoms with Gasteiger partial charge >= 0.3 is 0 Å². The summed E-state index contributed by atoms with van der Waals surface area (Å²) < 4.78 is 20.1. The minimum Gasteiger partial charge on any atom is -0.493 e. The van der Waals surface area contributed by atoms with Crippen molar-refractivity contribution < 1.29 is 8.95 Å². The van der Waals surface area contributed by atoms with Crippen LogP contribution in [0.3, 0.4) is 0 Å². The first-order valence-electron chi connectivity index (χ1n) is 9.30. The summed E-state index contributed by atoms with van der Waals surface area (Å²) in [6.45, 7) is 5.53. The Balaban J connectivity index is 1.89. The van der Waals surface area contributed by atoms with E-state index < -0.39 is 10.8 Å². The molecule has 0 bridgehead atoms. The average Bonchev–Trinajstić information content (AvgIpc) is 3.37. The first kappa shape index (κ1) is 17.5. The van der Waals surface area contributed by atoms with Crippen molar-refractivity contribution in [3.63, 3.8) is 0 Å². The Morgan fingerprint density at radius 2 is 1.96 bits per heavy atom. The van der Waals surface area contributed by atoms with Crippen molar-refractivity contribution in [3.8, 4) is 16.9 Å². The molecule has 4 rings (SSSR count). The number of ether oxygens (including phenoxy) is 1. The Morgan fingerprint density at radius 3 is 2.65 bits per heavy atom. The summed E-state index contributed by atoms with van der Waals surface area (Å²) in [4.78, 5) is 13.3. The first-order valence-corrected chi connectivity index (χ1v) is 10.9. The standard InChI is InChI=1S/C21H25NO3S/c1-13-8-9-22-20(13)18(10-14(2)21(22)23)17-11-16(26(3)24)6-7-19(17)25-12-15-4-5-15/h6-7,10-11,13,15H,4-5,8-9,12H2,1-3H3. The molecule has 5 heteroatoms. The highest BCUT2D eigenvalue weighted by Gasteiger charge is 2.27. The van der Waals surface area contributed by atoms with Gasteiger partial charge in [0.1, 0.15) is 5.75 Å². The number of benzene rings is 1. The maximum Gasteiger partial charge on any atom is 0.253 e. The molecular weight excluding hydrogens is 346 g/mol. The lowest BCUT2D eigenvalue weighted by molar-refractivity contribution is 0.301. The molecule has 2 atom stereocenters. The predicted molar refractivity (Wildman–Crippen MR) is 104 cm³/mol. The van der Waals surface area contributed by atoms with Gasteiger partial charge in [-0.2, -0.15) is 0 Å². The van der Waals surface area contributed by atoms with Crippen LogP contribution >= 0.6 is 0 Å². The zero-order valence-corrected chi connectivity index (χ0v) is 16.4. The van der Waals surface area contributed by atoms with E-state index in [1.165, 1.54) is 12.8 Å². The topological polar surface area (TPSA) is 48.3 Å². The highest BCUT2D eigenvalue weighted by atomic mass is 32.2. The number of fused-ring (bicyclic) bond motifs is 1. The van der Waals surface area contributed by atoms with Crippen molar-refractivity contribution in [2.45, 2.75) is 50.5 Å². The van der Waals surface area contributed by atoms with Gasteiger partial charge in [0.25, 0.3) is 5.56 Å². The third-order valence-electron chi connectivity index (χ3n) is 5.51. The van der Waals surface area contributed by atoms with Crippen LogP contribution in [-0.4, -0.2) is 21.6 Å². The van der Waals surface area contributed by atoms with E-state index in [0.717, 1.165) is 52.6 Å². The minimum absolute atomic E-state index is 0.101. The fourth-order valence-electron chi connectivity index (χ4n) is 3.76. The highest BCUT2D eigenvalue weighted by molar-refractivity contribution is 7.84. The minimum atomic E-state index is -1.06. The molecule has 1 aliphatic carbocycles. The van der Waals surface area contributed by atoms with Crippen molar-refractivity contribution in [2.75, 3.05) is 12.9 Å². The second-order valence-electron chi connectivity index (χ2n) is 7.64. The van der Waals surface area contributed by atoms with Gasteiger partial charge in [-0.3, -0.25) is 9.00 Å². The van der Waals surface area contributed by atoms with Crippen LogP contribution < -0.4 is 10.3 Å². The molecule has 2 aromatic rings. The van der Waals surface area contributed by atoms with Gasteiger partial charge in [0.2, 0.25) is 0 Å². The number of rotatable bonds is 5. The second kappa shape index (κ2) is 6.69. The third kappa shape index (κ3) is 3.13. The van der Waals surface area contributed by atoms with E-state index in [4.69, 9.17) is 4.74 Å². The quantitative estimate of drug-likeness (QED) is 0.802. The molecule has 0 radical (unpaired) electrons. The molecule has 2 unspecified atom stereocenters. The van der Waals surface area contributed by atoms with Gasteiger partial charge in [0, 0.05) is 50.9 Å². The number of hydrogen-bond donors (Lipinski definition) is 0. The van der Waals surface area contributed by atoms with Crippen LogP contribution in [0.25, 0.3) is 11.1 Å². The summed E-state index contributed by atoms with van der Waals surface area (Å²) in [6, 6.07) is 7.78. The van der Waals surface area contributed by atoms with Gasteiger partial charge in [-0.25, -0.2) is 0 Å². The number of nitrogens with zero attached hydrogens (tertiary/aromatic N) is 1. The van der Waals surface area contributed by atoms with Crippen LogP contribution in [-0.2, 0) is 17.3 Å². The first-order chi connectivity index (χ1) is 12.5. The van der Waals surface area contributed by atoms with Crippen LogP contribution in [0.2, 0.25) is 0 Å². The Morgan fingerprint density at radius 1 is 1.19 bits per heavy atom. The molecular formula is C21H25NO3S. The monoisotopic (exact) mass is 371 g/mol. The molecule has 138 valence electrons. The number of pyridine rings is 1. The molecule has 1 saturated carbocycles. The zero-order valence-electron chi connectivity index (χ0n) is 15.6. The van der Waals surface area contributed by atoms with Crippen LogP contribution in [0.1, 0.15) is 43.4 Å². The molecule has 0 saturated heterocycles. The predicted octanol–water partition coefficient (Wildman–Crippen LogP) is 3.86. The number of aryl methyl sites for hydroxylation is 1. The van der Waals surface area contributed by atoms with Crippen LogP contribution in [0.5, 0.6) is 5.75 Å². The fourth-order valence-corrected chi connectivity index (χ4v) is 4.31. The maximum absolute atomic E-state index is 12.6. The molecule has 26 heavy (non-hydrogen) atoms. The smallest absolute Gasteiger partial charge is 0.253 e. The van der Waals surface area contributed by atoms with Gasteiger partial charge in [0.15, 0.2) is 0 Å². The summed E-state index contributed by atoms with van der Waals surface area (Å²) >= 11 is 0. The van der Waals surface area contributed by atoms with Gasteiger partial charge in [-0.05, 0) is 62.3 Å². The summed E-state index contributed by atoms with van der Waals surface area (Å²) in [5, 5.41) is 0. The second-order valence-corrected chi connectivity index (χ2v) is 9.02. The summed E-state index contributed by atoms with van der Waals surface area (Å²) in [5.41, 5.74) is 3.93. The molecule has 0 amide bonds. The Labute approximate surface area is 156 Å². The lowest BCUT2D eigenvalue weighted by atomic mass is 9.95. The third-order valence-corrected chi connectivity index (χ3v) is 6.42. The SMILES string of the molecule is Cc1cc(-c2cc(S(C)=O)ccc2OCC2CC2)c2n(c1=O)CCC2C. The number of hydrogen-bond acceptors (Lipinski definition) is 3. The zero-order chi connectivity index (χ0) is 18.4. The van der Waals surface area contributed by atoms with Gasteiger partial charge < -0.3 is 9.30 Å². The lowest BCUT2D eigenvalue weighted by Gasteiger charge is -2.18. The van der Waals surface area contributed by atoms with Crippen LogP contribution in [0, 0.1) is 12.8 Å². The van der Waals surface area contributed by atoms with Crippen LogP contribution in [0.15, 0.2) is 34.0 Å². The van der Waals surface area contributed by atoms with Crippen molar-refractivity contribution in [3.05, 3.63) is 45.9 Å². The van der Waals surface area contributed by atoms with E-state index >= 15 is 0 Å². The summed E-state index contributed by atoms with van der Waals surface area (Å²) in [5.74, 6) is 1.81. The molecule has 4 nitrogen and oxygen atoms in total. The highest BCUT2D eigenvalue weighted by Crippen LogP contribution is 2.40. The molecule has 1 aromatic carbocycles. The lowest BCUT2D eigenvalue weighted by Crippen LogP contribution is -2.22. The van der Waals surface area contributed by atoms with E-state index in [9.17, 15) is 9.00 Å². The van der Waals surface area contributed by atoms with Crippen molar-refractivity contribution in [1.29, 1.82) is 0 Å². The van der Waals surface area contributed by atoms with Crippen LogP contribution in [0.4, 0.5) is 0 Å². The molecule has 1 fully saturated rings. The van der Waals surface area contributed by atoms with Gasteiger partial charge in [-0.15, -0.1) is 0 Å². The molecule has 0 N–H and O–H groups in total. The Bertz CT molecular complexity index is 943. The normalized spacial score (nSPS) is 20.0. The van der Waals surface area contributed by atoms with Crippen molar-refractivity contribution >= 4 is 10.8 Å². The van der Waals surface area contributed by atoms with Gasteiger partial charge in [-0.1, -0.05) is 6.92 Å². The summed E-state index contributed by atoms with van der Waals surface area (Å²) in [6.07, 6.45) is 5.14. The van der Waals surface area contributed by atoms with E-state index in [1.54, 1.807) is 6.26 Å². The fraction of sp³-hybridized carbons (Fsp3) is 0.476. The number of aromatic nitrogens is 1. The molecule has 0 spiro atoms. The van der Waals surface area contributed by atoms with E-state index in [2.05, 4.69) is 6.92 Å². The Kier molecular flexibility index (Phi) is 4.51. The molecule has 1 aromatic heterocycles. The van der Waals surface area contributed by atoms with Gasteiger partial charge in [0.05, 0.1) is 6.61 Å². The van der Waals surface area contributed by atoms with E-state index in [-0.39, 0.29) is 5.56 Å². The largest absolute Gasteiger partial charge is 0.493 e. The maximum atomic E-state index is 12.6.